The van der Waals surface area contributed by atoms with E-state index in [1.54, 1.807) is 0 Å². The highest BCUT2D eigenvalue weighted by atomic mass is 19.4. The van der Waals surface area contributed by atoms with Crippen molar-refractivity contribution in [3.05, 3.63) is 24.3 Å². The van der Waals surface area contributed by atoms with Crippen molar-refractivity contribution in [2.75, 3.05) is 26.3 Å². The Morgan fingerprint density at radius 1 is 0.500 bits per heavy atom. The number of carbonyl (C=O) groups excluding carboxylic acids is 2. The molecule has 0 radical (unpaired) electrons. The topological polar surface area (TPSA) is 102 Å². The van der Waals surface area contributed by atoms with Gasteiger partial charge in [-0.3, -0.25) is 9.59 Å². The molecule has 0 fully saturated rings. The second-order valence-corrected chi connectivity index (χ2v) is 13.7. The SMILES string of the molecule is CCCCCCCC/C=C\CCCCCCCC(=O)OCCNCCOC(=O)CCCCCCC/C=C\CCCCCCCC.O=C(O)C(F)(F)F. The van der Waals surface area contributed by atoms with E-state index in [2.05, 4.69) is 43.5 Å². The molecule has 0 aliphatic carbocycles. The molecule has 2 N–H and O–H groups in total. The van der Waals surface area contributed by atoms with Gasteiger partial charge in [-0.05, 0) is 64.2 Å². The van der Waals surface area contributed by atoms with Crippen molar-refractivity contribution in [3.63, 3.8) is 0 Å². The van der Waals surface area contributed by atoms with Crippen LogP contribution < -0.4 is 5.32 Å². The van der Waals surface area contributed by atoms with Gasteiger partial charge >= 0.3 is 24.1 Å². The Morgan fingerprint density at radius 2 is 0.769 bits per heavy atom. The molecule has 52 heavy (non-hydrogen) atoms. The van der Waals surface area contributed by atoms with Crippen LogP contribution in [0.25, 0.3) is 0 Å². The molecule has 0 heterocycles. The van der Waals surface area contributed by atoms with Crippen molar-refractivity contribution in [1.29, 1.82) is 0 Å². The van der Waals surface area contributed by atoms with Crippen LogP contribution in [0.2, 0.25) is 0 Å². The molecule has 0 aromatic rings. The molecule has 0 aliphatic rings. The van der Waals surface area contributed by atoms with Gasteiger partial charge in [-0.1, -0.05) is 141 Å². The number of ether oxygens (including phenoxy) is 2. The van der Waals surface area contributed by atoms with Crippen molar-refractivity contribution < 1.29 is 42.1 Å². The van der Waals surface area contributed by atoms with Crippen molar-refractivity contribution in [2.45, 2.75) is 200 Å². The quantitative estimate of drug-likeness (QED) is 0.0374. The molecule has 0 unspecified atom stereocenters. The number of alkyl halides is 3. The minimum absolute atomic E-state index is 0.110. The fourth-order valence-corrected chi connectivity index (χ4v) is 5.42. The van der Waals surface area contributed by atoms with Gasteiger partial charge in [0.2, 0.25) is 0 Å². The Balaban J connectivity index is 0. The number of nitrogens with one attached hydrogen (secondary N) is 1. The normalized spacial score (nSPS) is 11.6. The summed E-state index contributed by atoms with van der Waals surface area (Å²) in [5.41, 5.74) is 0. The maximum Gasteiger partial charge on any atom is 0.490 e. The van der Waals surface area contributed by atoms with Crippen LogP contribution in [0.3, 0.4) is 0 Å². The first kappa shape index (κ1) is 51.7. The zero-order valence-electron chi connectivity index (χ0n) is 33.1. The van der Waals surface area contributed by atoms with Gasteiger partial charge < -0.3 is 19.9 Å². The maximum absolute atomic E-state index is 11.9. The lowest BCUT2D eigenvalue weighted by Crippen LogP contribution is -2.26. The van der Waals surface area contributed by atoms with Gasteiger partial charge in [0.05, 0.1) is 0 Å². The molecule has 0 aromatic heterocycles. The number of hydrogen-bond donors (Lipinski definition) is 2. The Morgan fingerprint density at radius 3 is 1.06 bits per heavy atom. The molecule has 0 spiro atoms. The fraction of sp³-hybridized carbons (Fsp3) is 0.833. The van der Waals surface area contributed by atoms with Crippen LogP contribution in [0.1, 0.15) is 194 Å². The van der Waals surface area contributed by atoms with Crippen molar-refractivity contribution in [1.82, 2.24) is 5.32 Å². The average molecular weight is 748 g/mol. The molecule has 7 nitrogen and oxygen atoms in total. The van der Waals surface area contributed by atoms with Gasteiger partial charge in [-0.25, -0.2) is 4.79 Å². The second-order valence-electron chi connectivity index (χ2n) is 13.7. The first-order valence-corrected chi connectivity index (χ1v) is 20.8. The minimum Gasteiger partial charge on any atom is -0.475 e. The summed E-state index contributed by atoms with van der Waals surface area (Å²) in [6, 6.07) is 0. The van der Waals surface area contributed by atoms with Crippen LogP contribution >= 0.6 is 0 Å². The predicted octanol–water partition coefficient (Wildman–Crippen LogP) is 12.4. The third-order valence-corrected chi connectivity index (χ3v) is 8.61. The molecular weight excluding hydrogens is 671 g/mol. The highest BCUT2D eigenvalue weighted by Gasteiger charge is 2.38. The Bertz CT molecular complexity index is 807. The first-order valence-electron chi connectivity index (χ1n) is 20.8. The Kier molecular flexibility index (Phi) is 41.2. The second kappa shape index (κ2) is 41.4. The van der Waals surface area contributed by atoms with Gasteiger partial charge in [0.15, 0.2) is 0 Å². The number of allylic oxidation sites excluding steroid dienone is 4. The maximum atomic E-state index is 11.9. The summed E-state index contributed by atoms with van der Waals surface area (Å²) in [6.07, 6.45) is 37.9. The minimum atomic E-state index is -5.08. The van der Waals surface area contributed by atoms with Crippen LogP contribution in [-0.4, -0.2) is 55.5 Å². The average Bonchev–Trinajstić information content (AvgIpc) is 3.11. The molecule has 306 valence electrons. The molecule has 0 saturated carbocycles. The van der Waals surface area contributed by atoms with E-state index in [0.717, 1.165) is 25.7 Å². The third kappa shape index (κ3) is 45.7. The number of rotatable bonds is 36. The number of esters is 2. The molecule has 0 atom stereocenters. The number of carboxylic acids is 1. The van der Waals surface area contributed by atoms with Crippen LogP contribution in [0.5, 0.6) is 0 Å². The number of unbranched alkanes of at least 4 members (excludes halogenated alkanes) is 22. The van der Waals surface area contributed by atoms with Gasteiger partial charge in [0.25, 0.3) is 0 Å². The number of aliphatic carboxylic acids is 1. The van der Waals surface area contributed by atoms with Crippen molar-refractivity contribution >= 4 is 17.9 Å². The molecule has 0 aliphatic heterocycles. The summed E-state index contributed by atoms with van der Waals surface area (Å²) >= 11 is 0. The number of halogens is 3. The highest BCUT2D eigenvalue weighted by molar-refractivity contribution is 5.73. The predicted molar refractivity (Wildman–Crippen MR) is 207 cm³/mol. The van der Waals surface area contributed by atoms with Crippen LogP contribution in [0.15, 0.2) is 24.3 Å². The van der Waals surface area contributed by atoms with Gasteiger partial charge in [0, 0.05) is 25.9 Å². The third-order valence-electron chi connectivity index (χ3n) is 8.61. The van der Waals surface area contributed by atoms with E-state index >= 15 is 0 Å². The van der Waals surface area contributed by atoms with E-state index in [-0.39, 0.29) is 11.9 Å². The zero-order chi connectivity index (χ0) is 38.8. The van der Waals surface area contributed by atoms with Crippen molar-refractivity contribution in [2.24, 2.45) is 0 Å². The van der Waals surface area contributed by atoms with Gasteiger partial charge in [-0.15, -0.1) is 0 Å². The van der Waals surface area contributed by atoms with Gasteiger partial charge in [0.1, 0.15) is 13.2 Å². The monoisotopic (exact) mass is 748 g/mol. The van der Waals surface area contributed by atoms with Crippen LogP contribution in [0.4, 0.5) is 13.2 Å². The van der Waals surface area contributed by atoms with E-state index < -0.39 is 12.1 Å². The van der Waals surface area contributed by atoms with Crippen LogP contribution in [0, 0.1) is 0 Å². The number of hydrogen-bond acceptors (Lipinski definition) is 6. The lowest BCUT2D eigenvalue weighted by atomic mass is 10.1. The highest BCUT2D eigenvalue weighted by Crippen LogP contribution is 2.14. The van der Waals surface area contributed by atoms with E-state index in [4.69, 9.17) is 19.4 Å². The standard InChI is InChI=1S/C40H75NO4.C2HF3O2/c1-3-5-7-9-11-13-15-17-19-21-23-25-27-29-31-33-39(42)44-37-35-41-36-38-45-40(43)34-32-30-28-26-24-22-20-18-16-14-12-10-8-6-4-2;3-2(4,5)1(6)7/h17-20,41H,3-16,21-38H2,1-2H3;(H,6,7)/b19-17-,20-18-;. The number of carbonyl (C=O) groups is 3. The van der Waals surface area contributed by atoms with Crippen molar-refractivity contribution in [3.8, 4) is 0 Å². The lowest BCUT2D eigenvalue weighted by Gasteiger charge is -2.08. The van der Waals surface area contributed by atoms with E-state index in [1.165, 1.54) is 141 Å². The molecule has 0 aromatic carbocycles. The first-order chi connectivity index (χ1) is 25.1. The van der Waals surface area contributed by atoms with E-state index in [9.17, 15) is 22.8 Å². The molecule has 10 heteroatoms. The lowest BCUT2D eigenvalue weighted by molar-refractivity contribution is -0.192. The molecular formula is C42H76F3NO6. The van der Waals surface area contributed by atoms with E-state index in [0.29, 0.717) is 39.1 Å². The van der Waals surface area contributed by atoms with Crippen LogP contribution in [-0.2, 0) is 23.9 Å². The summed E-state index contributed by atoms with van der Waals surface area (Å²) in [6.45, 7) is 6.44. The van der Waals surface area contributed by atoms with Gasteiger partial charge in [-0.2, -0.15) is 13.2 Å². The molecule has 0 rings (SSSR count). The summed E-state index contributed by atoms with van der Waals surface area (Å²) in [5, 5.41) is 10.3. The summed E-state index contributed by atoms with van der Waals surface area (Å²) in [7, 11) is 0. The summed E-state index contributed by atoms with van der Waals surface area (Å²) < 4.78 is 42.3. The summed E-state index contributed by atoms with van der Waals surface area (Å²) in [4.78, 5) is 32.7. The Hall–Kier alpha value is -2.36. The zero-order valence-corrected chi connectivity index (χ0v) is 33.1. The van der Waals surface area contributed by atoms with E-state index in [1.807, 2.05) is 0 Å². The Labute approximate surface area is 315 Å². The fourth-order valence-electron chi connectivity index (χ4n) is 5.42. The molecule has 0 saturated heterocycles. The molecule has 0 amide bonds. The smallest absolute Gasteiger partial charge is 0.475 e. The number of carboxylic acid groups (broad SMARTS) is 1. The summed E-state index contributed by atoms with van der Waals surface area (Å²) in [5.74, 6) is -2.98. The molecule has 0 bridgehead atoms. The largest absolute Gasteiger partial charge is 0.490 e.